The van der Waals surface area contributed by atoms with Gasteiger partial charge in [-0.15, -0.1) is 0 Å². The predicted octanol–water partition coefficient (Wildman–Crippen LogP) is 2.04. The van der Waals surface area contributed by atoms with Crippen LogP contribution in [-0.4, -0.2) is 26.4 Å². The lowest BCUT2D eigenvalue weighted by atomic mass is 10.2. The molecule has 1 aromatic heterocycles. The number of benzene rings is 1. The van der Waals surface area contributed by atoms with Gasteiger partial charge >= 0.3 is 0 Å². The molecule has 0 fully saturated rings. The van der Waals surface area contributed by atoms with E-state index in [4.69, 9.17) is 4.52 Å². The van der Waals surface area contributed by atoms with E-state index >= 15 is 0 Å². The van der Waals surface area contributed by atoms with E-state index in [1.165, 1.54) is 12.1 Å². The third-order valence-corrected chi connectivity index (χ3v) is 2.92. The zero-order chi connectivity index (χ0) is 13.8. The summed E-state index contributed by atoms with van der Waals surface area (Å²) in [5.41, 5.74) is 0.592. The predicted molar refractivity (Wildman–Crippen MR) is 69.7 cm³/mol. The quantitative estimate of drug-likeness (QED) is 0.715. The van der Waals surface area contributed by atoms with Crippen molar-refractivity contribution in [3.63, 3.8) is 0 Å². The number of aromatic hydroxyl groups is 2. The summed E-state index contributed by atoms with van der Waals surface area (Å²) in [4.78, 5) is 4.22. The monoisotopic (exact) mass is 263 g/mol. The minimum absolute atomic E-state index is 0.175. The van der Waals surface area contributed by atoms with Crippen LogP contribution >= 0.6 is 0 Å². The second kappa shape index (κ2) is 5.71. The highest BCUT2D eigenvalue weighted by Gasteiger charge is 2.11. The first-order chi connectivity index (χ1) is 9.10. The lowest BCUT2D eigenvalue weighted by molar-refractivity contribution is 0.358. The van der Waals surface area contributed by atoms with Crippen LogP contribution in [0.5, 0.6) is 11.5 Å². The van der Waals surface area contributed by atoms with Crippen LogP contribution in [0.2, 0.25) is 0 Å². The van der Waals surface area contributed by atoms with Crippen molar-refractivity contribution in [3.05, 3.63) is 24.1 Å². The molecule has 0 aliphatic carbocycles. The Labute approximate surface area is 111 Å². The molecule has 6 nitrogen and oxygen atoms in total. The van der Waals surface area contributed by atoms with Crippen LogP contribution in [0.4, 0.5) is 0 Å². The third-order valence-electron chi connectivity index (χ3n) is 2.92. The molecular formula is C13H17N3O3. The van der Waals surface area contributed by atoms with Gasteiger partial charge in [0.2, 0.25) is 11.7 Å². The summed E-state index contributed by atoms with van der Waals surface area (Å²) < 4.78 is 5.12. The standard InChI is InChI=1S/C13H17N3O3/c1-3-8(2)14-7-12-15-13(16-19-12)9-4-5-10(17)11(18)6-9/h4-6,8,14,17-18H,3,7H2,1-2H3. The van der Waals surface area contributed by atoms with Crippen LogP contribution in [-0.2, 0) is 6.54 Å². The Morgan fingerprint density at radius 2 is 2.11 bits per heavy atom. The van der Waals surface area contributed by atoms with Gasteiger partial charge in [0.25, 0.3) is 0 Å². The smallest absolute Gasteiger partial charge is 0.240 e. The van der Waals surface area contributed by atoms with E-state index in [0.717, 1.165) is 6.42 Å². The third kappa shape index (κ3) is 3.23. The maximum Gasteiger partial charge on any atom is 0.240 e. The maximum atomic E-state index is 9.43. The number of nitrogens with one attached hydrogen (secondary N) is 1. The van der Waals surface area contributed by atoms with Crippen molar-refractivity contribution in [2.75, 3.05) is 0 Å². The largest absolute Gasteiger partial charge is 0.504 e. The normalized spacial score (nSPS) is 12.5. The molecule has 0 spiro atoms. The number of nitrogens with zero attached hydrogens (tertiary/aromatic N) is 2. The van der Waals surface area contributed by atoms with E-state index in [-0.39, 0.29) is 11.5 Å². The molecule has 1 atom stereocenters. The van der Waals surface area contributed by atoms with Crippen LogP contribution in [0.25, 0.3) is 11.4 Å². The minimum atomic E-state index is -0.207. The maximum absolute atomic E-state index is 9.43. The van der Waals surface area contributed by atoms with Gasteiger partial charge in [0.15, 0.2) is 11.5 Å². The first-order valence-corrected chi connectivity index (χ1v) is 6.18. The van der Waals surface area contributed by atoms with Gasteiger partial charge in [0.1, 0.15) is 0 Å². The summed E-state index contributed by atoms with van der Waals surface area (Å²) in [5, 5.41) is 25.8. The van der Waals surface area contributed by atoms with Crippen molar-refractivity contribution in [1.29, 1.82) is 0 Å². The van der Waals surface area contributed by atoms with Crippen molar-refractivity contribution in [3.8, 4) is 22.9 Å². The number of hydrogen-bond acceptors (Lipinski definition) is 6. The van der Waals surface area contributed by atoms with Gasteiger partial charge in [-0.1, -0.05) is 12.1 Å². The molecule has 0 saturated carbocycles. The molecule has 0 saturated heterocycles. The fourth-order valence-electron chi connectivity index (χ4n) is 1.51. The van der Waals surface area contributed by atoms with Crippen LogP contribution in [0.1, 0.15) is 26.2 Å². The molecule has 19 heavy (non-hydrogen) atoms. The van der Waals surface area contributed by atoms with Crippen molar-refractivity contribution in [2.45, 2.75) is 32.9 Å². The van der Waals surface area contributed by atoms with Crippen molar-refractivity contribution in [1.82, 2.24) is 15.5 Å². The lowest BCUT2D eigenvalue weighted by Crippen LogP contribution is -2.24. The Morgan fingerprint density at radius 1 is 1.32 bits per heavy atom. The summed E-state index contributed by atoms with van der Waals surface area (Å²) in [6.45, 7) is 4.68. The molecule has 2 rings (SSSR count). The number of phenolic OH excluding ortho intramolecular Hbond substituents is 2. The van der Waals surface area contributed by atoms with E-state index < -0.39 is 0 Å². The molecule has 3 N–H and O–H groups in total. The Morgan fingerprint density at radius 3 is 2.79 bits per heavy atom. The Hall–Kier alpha value is -2.08. The first kappa shape index (κ1) is 13.4. The molecule has 0 bridgehead atoms. The van der Waals surface area contributed by atoms with Gasteiger partial charge in [0.05, 0.1) is 6.54 Å². The van der Waals surface area contributed by atoms with Crippen LogP contribution in [0.3, 0.4) is 0 Å². The van der Waals surface area contributed by atoms with E-state index in [1.54, 1.807) is 6.07 Å². The van der Waals surface area contributed by atoms with E-state index in [9.17, 15) is 10.2 Å². The highest BCUT2D eigenvalue weighted by Crippen LogP contribution is 2.29. The molecule has 6 heteroatoms. The fourth-order valence-corrected chi connectivity index (χ4v) is 1.51. The van der Waals surface area contributed by atoms with Crippen LogP contribution in [0, 0.1) is 0 Å². The lowest BCUT2D eigenvalue weighted by Gasteiger charge is -2.07. The van der Waals surface area contributed by atoms with Gasteiger partial charge in [-0.3, -0.25) is 0 Å². The molecule has 0 amide bonds. The minimum Gasteiger partial charge on any atom is -0.504 e. The highest BCUT2D eigenvalue weighted by atomic mass is 16.5. The molecule has 2 aromatic rings. The number of phenols is 2. The zero-order valence-corrected chi connectivity index (χ0v) is 10.9. The molecule has 0 aliphatic heterocycles. The highest BCUT2D eigenvalue weighted by molar-refractivity contribution is 5.59. The Bertz CT molecular complexity index is 554. The van der Waals surface area contributed by atoms with Gasteiger partial charge in [-0.05, 0) is 31.5 Å². The Kier molecular flexibility index (Phi) is 4.01. The molecule has 0 radical (unpaired) electrons. The topological polar surface area (TPSA) is 91.4 Å². The van der Waals surface area contributed by atoms with Gasteiger partial charge in [-0.2, -0.15) is 4.98 Å². The van der Waals surface area contributed by atoms with Gasteiger partial charge in [-0.25, -0.2) is 0 Å². The van der Waals surface area contributed by atoms with E-state index in [0.29, 0.717) is 29.9 Å². The Balaban J connectivity index is 2.09. The van der Waals surface area contributed by atoms with Crippen molar-refractivity contribution < 1.29 is 14.7 Å². The zero-order valence-electron chi connectivity index (χ0n) is 10.9. The summed E-state index contributed by atoms with van der Waals surface area (Å²) in [5.74, 6) is 0.492. The van der Waals surface area contributed by atoms with Crippen LogP contribution in [0.15, 0.2) is 22.7 Å². The second-order valence-corrected chi connectivity index (χ2v) is 4.41. The molecule has 1 unspecified atom stereocenters. The number of hydrogen-bond donors (Lipinski definition) is 3. The van der Waals surface area contributed by atoms with Crippen molar-refractivity contribution >= 4 is 0 Å². The average molecular weight is 263 g/mol. The number of aromatic nitrogens is 2. The first-order valence-electron chi connectivity index (χ1n) is 6.18. The molecule has 102 valence electrons. The summed E-state index contributed by atoms with van der Waals surface area (Å²) in [6.07, 6.45) is 1.02. The summed E-state index contributed by atoms with van der Waals surface area (Å²) >= 11 is 0. The average Bonchev–Trinajstić information content (AvgIpc) is 2.88. The molecule has 1 aromatic carbocycles. The fraction of sp³-hybridized carbons (Fsp3) is 0.385. The summed E-state index contributed by atoms with van der Waals surface area (Å²) in [7, 11) is 0. The van der Waals surface area contributed by atoms with Crippen LogP contribution < -0.4 is 5.32 Å². The van der Waals surface area contributed by atoms with E-state index in [1.807, 2.05) is 0 Å². The molecule has 0 aliphatic rings. The van der Waals surface area contributed by atoms with Crippen molar-refractivity contribution in [2.24, 2.45) is 0 Å². The SMILES string of the molecule is CCC(C)NCc1nc(-c2ccc(O)c(O)c2)no1. The summed E-state index contributed by atoms with van der Waals surface area (Å²) in [6, 6.07) is 4.78. The number of rotatable bonds is 5. The second-order valence-electron chi connectivity index (χ2n) is 4.41. The van der Waals surface area contributed by atoms with E-state index in [2.05, 4.69) is 29.3 Å². The molecule has 1 heterocycles. The van der Waals surface area contributed by atoms with Gasteiger partial charge in [0, 0.05) is 11.6 Å². The molecular weight excluding hydrogens is 246 g/mol. The van der Waals surface area contributed by atoms with Gasteiger partial charge < -0.3 is 20.1 Å².